The quantitative estimate of drug-likeness (QED) is 0.691. The molecule has 0 atom stereocenters. The van der Waals surface area contributed by atoms with Crippen LogP contribution in [0.25, 0.3) is 22.9 Å². The van der Waals surface area contributed by atoms with Gasteiger partial charge in [-0.05, 0) is 35.2 Å². The second kappa shape index (κ2) is 6.48. The highest BCUT2D eigenvalue weighted by Crippen LogP contribution is 2.23. The monoisotopic (exact) mass is 320 g/mol. The van der Waals surface area contributed by atoms with Crippen LogP contribution in [0.1, 0.15) is 11.5 Å². The minimum atomic E-state index is -2.82. The molecular weight excluding hydrogens is 310 g/mol. The van der Waals surface area contributed by atoms with Gasteiger partial charge in [0.15, 0.2) is 0 Å². The number of thiophene rings is 1. The predicted octanol–water partition coefficient (Wildman–Crippen LogP) is 4.57. The topological polar surface area (TPSA) is 48.2 Å². The molecule has 0 saturated heterocycles. The standard InChI is InChI=1S/C15H10F2N2O2S/c16-15(17)20-11-6-3-10(4-7-11)5-8-13-18-19-14(21-13)12-2-1-9-22-12/h1-9,15H. The molecule has 0 amide bonds. The lowest BCUT2D eigenvalue weighted by atomic mass is 10.2. The fraction of sp³-hybridized carbons (Fsp3) is 0.0667. The number of hydrogen-bond acceptors (Lipinski definition) is 5. The Morgan fingerprint density at radius 1 is 1.09 bits per heavy atom. The van der Waals surface area contributed by atoms with Crippen molar-refractivity contribution in [2.24, 2.45) is 0 Å². The van der Waals surface area contributed by atoms with Gasteiger partial charge in [0.1, 0.15) is 5.75 Å². The van der Waals surface area contributed by atoms with Gasteiger partial charge in [0.25, 0.3) is 5.89 Å². The minimum Gasteiger partial charge on any atom is -0.435 e. The summed E-state index contributed by atoms with van der Waals surface area (Å²) in [5.41, 5.74) is 0.803. The maximum absolute atomic E-state index is 12.0. The van der Waals surface area contributed by atoms with Gasteiger partial charge in [0.2, 0.25) is 5.89 Å². The molecule has 7 heteroatoms. The van der Waals surface area contributed by atoms with E-state index in [0.29, 0.717) is 11.8 Å². The van der Waals surface area contributed by atoms with Crippen molar-refractivity contribution in [2.45, 2.75) is 6.61 Å². The van der Waals surface area contributed by atoms with Crippen LogP contribution in [0.4, 0.5) is 8.78 Å². The zero-order valence-electron chi connectivity index (χ0n) is 11.1. The van der Waals surface area contributed by atoms with Gasteiger partial charge in [-0.2, -0.15) is 8.78 Å². The maximum atomic E-state index is 12.0. The fourth-order valence-corrected chi connectivity index (χ4v) is 2.37. The normalized spacial score (nSPS) is 11.4. The lowest BCUT2D eigenvalue weighted by Gasteiger charge is -2.03. The fourth-order valence-electron chi connectivity index (χ4n) is 1.73. The summed E-state index contributed by atoms with van der Waals surface area (Å²) in [6.45, 7) is -2.82. The van der Waals surface area contributed by atoms with Crippen LogP contribution in [0, 0.1) is 0 Å². The van der Waals surface area contributed by atoms with Crippen molar-refractivity contribution in [3.8, 4) is 16.5 Å². The summed E-state index contributed by atoms with van der Waals surface area (Å²) in [6, 6.07) is 10.1. The Morgan fingerprint density at radius 2 is 1.91 bits per heavy atom. The Bertz CT molecular complexity index is 752. The Kier molecular flexibility index (Phi) is 4.24. The number of aromatic nitrogens is 2. The molecule has 0 unspecified atom stereocenters. The summed E-state index contributed by atoms with van der Waals surface area (Å²) in [4.78, 5) is 0.903. The summed E-state index contributed by atoms with van der Waals surface area (Å²) in [7, 11) is 0. The van der Waals surface area contributed by atoms with Crippen LogP contribution in [0.5, 0.6) is 5.75 Å². The molecule has 0 bridgehead atoms. The molecule has 0 aliphatic rings. The number of rotatable bonds is 5. The molecule has 1 aromatic carbocycles. The van der Waals surface area contributed by atoms with E-state index in [1.807, 2.05) is 17.5 Å². The molecule has 112 valence electrons. The highest BCUT2D eigenvalue weighted by atomic mass is 32.1. The summed E-state index contributed by atoms with van der Waals surface area (Å²) in [5, 5.41) is 9.81. The van der Waals surface area contributed by atoms with Crippen LogP contribution in [0.2, 0.25) is 0 Å². The van der Waals surface area contributed by atoms with Crippen molar-refractivity contribution in [1.82, 2.24) is 10.2 Å². The summed E-state index contributed by atoms with van der Waals surface area (Å²) in [6.07, 6.45) is 3.41. The molecule has 0 N–H and O–H groups in total. The molecule has 0 radical (unpaired) electrons. The molecule has 0 saturated carbocycles. The van der Waals surface area contributed by atoms with Crippen molar-refractivity contribution in [3.63, 3.8) is 0 Å². The van der Waals surface area contributed by atoms with Crippen LogP contribution in [-0.4, -0.2) is 16.8 Å². The molecule has 2 heterocycles. The van der Waals surface area contributed by atoms with Crippen LogP contribution in [0.3, 0.4) is 0 Å². The van der Waals surface area contributed by atoms with Crippen molar-refractivity contribution in [1.29, 1.82) is 0 Å². The molecule has 0 spiro atoms. The number of alkyl halides is 2. The molecule has 3 aromatic rings. The summed E-state index contributed by atoms with van der Waals surface area (Å²) < 4.78 is 33.9. The van der Waals surface area contributed by atoms with E-state index in [9.17, 15) is 8.78 Å². The molecule has 2 aromatic heterocycles. The zero-order chi connectivity index (χ0) is 15.4. The zero-order valence-corrected chi connectivity index (χ0v) is 12.0. The van der Waals surface area contributed by atoms with Gasteiger partial charge in [-0.3, -0.25) is 0 Å². The van der Waals surface area contributed by atoms with Gasteiger partial charge in [0, 0.05) is 6.08 Å². The van der Waals surface area contributed by atoms with Gasteiger partial charge in [-0.15, -0.1) is 21.5 Å². The maximum Gasteiger partial charge on any atom is 0.387 e. The minimum absolute atomic E-state index is 0.116. The Labute approximate surface area is 128 Å². The second-order valence-electron chi connectivity index (χ2n) is 4.20. The van der Waals surface area contributed by atoms with E-state index < -0.39 is 6.61 Å². The Balaban J connectivity index is 1.69. The Morgan fingerprint density at radius 3 is 2.59 bits per heavy atom. The van der Waals surface area contributed by atoms with E-state index in [0.717, 1.165) is 10.4 Å². The summed E-state index contributed by atoms with van der Waals surface area (Å²) in [5.74, 6) is 0.955. The van der Waals surface area contributed by atoms with E-state index in [-0.39, 0.29) is 5.75 Å². The van der Waals surface area contributed by atoms with E-state index >= 15 is 0 Å². The number of halogens is 2. The van der Waals surface area contributed by atoms with E-state index in [4.69, 9.17) is 4.42 Å². The smallest absolute Gasteiger partial charge is 0.387 e. The number of nitrogens with zero attached hydrogens (tertiary/aromatic N) is 2. The van der Waals surface area contributed by atoms with Crippen molar-refractivity contribution >= 4 is 23.5 Å². The second-order valence-corrected chi connectivity index (χ2v) is 5.15. The number of benzene rings is 1. The largest absolute Gasteiger partial charge is 0.435 e. The molecular formula is C15H10F2N2O2S. The Hall–Kier alpha value is -2.54. The van der Waals surface area contributed by atoms with Crippen molar-refractivity contribution in [3.05, 3.63) is 53.2 Å². The first-order valence-electron chi connectivity index (χ1n) is 6.31. The van der Waals surface area contributed by atoms with Gasteiger partial charge in [-0.1, -0.05) is 18.2 Å². The van der Waals surface area contributed by atoms with Crippen LogP contribution in [0.15, 0.2) is 46.2 Å². The average Bonchev–Trinajstić information content (AvgIpc) is 3.17. The van der Waals surface area contributed by atoms with Crippen LogP contribution < -0.4 is 4.74 Å². The van der Waals surface area contributed by atoms with Gasteiger partial charge < -0.3 is 9.15 Å². The van der Waals surface area contributed by atoms with E-state index in [1.165, 1.54) is 23.5 Å². The van der Waals surface area contributed by atoms with Crippen LogP contribution in [-0.2, 0) is 0 Å². The lowest BCUT2D eigenvalue weighted by Crippen LogP contribution is -2.01. The first kappa shape index (κ1) is 14.4. The third kappa shape index (κ3) is 3.56. The first-order chi connectivity index (χ1) is 10.7. The van der Waals surface area contributed by atoms with Gasteiger partial charge in [0.05, 0.1) is 4.88 Å². The summed E-state index contributed by atoms with van der Waals surface area (Å²) >= 11 is 1.51. The van der Waals surface area contributed by atoms with Gasteiger partial charge in [-0.25, -0.2) is 0 Å². The molecule has 4 nitrogen and oxygen atoms in total. The van der Waals surface area contributed by atoms with Crippen LogP contribution >= 0.6 is 11.3 Å². The van der Waals surface area contributed by atoms with E-state index in [2.05, 4.69) is 14.9 Å². The predicted molar refractivity (Wildman–Crippen MR) is 79.6 cm³/mol. The third-order valence-electron chi connectivity index (χ3n) is 2.70. The average molecular weight is 320 g/mol. The molecule has 0 aliphatic heterocycles. The van der Waals surface area contributed by atoms with Crippen molar-refractivity contribution < 1.29 is 17.9 Å². The van der Waals surface area contributed by atoms with Gasteiger partial charge >= 0.3 is 6.61 Å². The number of ether oxygens (including phenoxy) is 1. The third-order valence-corrected chi connectivity index (χ3v) is 3.55. The van der Waals surface area contributed by atoms with Crippen molar-refractivity contribution in [2.75, 3.05) is 0 Å². The molecule has 3 rings (SSSR count). The molecule has 0 fully saturated rings. The molecule has 22 heavy (non-hydrogen) atoms. The number of hydrogen-bond donors (Lipinski definition) is 0. The van der Waals surface area contributed by atoms with E-state index in [1.54, 1.807) is 24.3 Å². The molecule has 0 aliphatic carbocycles. The SMILES string of the molecule is FC(F)Oc1ccc(C=Cc2nnc(-c3cccs3)o2)cc1. The highest BCUT2D eigenvalue weighted by molar-refractivity contribution is 7.13. The lowest BCUT2D eigenvalue weighted by molar-refractivity contribution is -0.0498. The highest BCUT2D eigenvalue weighted by Gasteiger charge is 2.07. The first-order valence-corrected chi connectivity index (χ1v) is 7.19.